The van der Waals surface area contributed by atoms with Crippen molar-refractivity contribution in [2.45, 2.75) is 37.8 Å². The normalized spacial score (nSPS) is 14.2. The van der Waals surface area contributed by atoms with Crippen molar-refractivity contribution in [1.29, 1.82) is 0 Å². The number of primary amides is 1. The second kappa shape index (κ2) is 11.3. The molecule has 0 radical (unpaired) electrons. The van der Waals surface area contributed by atoms with E-state index in [1.54, 1.807) is 48.5 Å². The summed E-state index contributed by atoms with van der Waals surface area (Å²) in [4.78, 5) is 28.4. The Hall–Kier alpha value is -4.85. The topological polar surface area (TPSA) is 146 Å². The van der Waals surface area contributed by atoms with Gasteiger partial charge in [0.2, 0.25) is 5.91 Å². The summed E-state index contributed by atoms with van der Waals surface area (Å²) in [7, 11) is 0. The molecular weight excluding hydrogens is 521 g/mol. The monoisotopic (exact) mass is 551 g/mol. The number of amides is 2. The largest absolute Gasteiger partial charge is 0.366 e. The molecule has 5 rings (SSSR count). The van der Waals surface area contributed by atoms with Crippen molar-refractivity contribution >= 4 is 23.3 Å². The van der Waals surface area contributed by atoms with E-state index in [4.69, 9.17) is 23.8 Å². The Morgan fingerprint density at radius 3 is 2.46 bits per heavy atom. The average Bonchev–Trinajstić information content (AvgIpc) is 3.72. The van der Waals surface area contributed by atoms with Crippen LogP contribution in [0.25, 0.3) is 10.5 Å². The number of rotatable bonds is 10. The highest BCUT2D eigenvalue weighted by Gasteiger charge is 2.34. The SMILES string of the molecule is [C-]#[N+]c1cc(C(=O)Nc2cc(C(N)(CCC3CC3)c3ccc(C(N)=O)cc3)ccc2F)n(-c2cccc(CN)c2)n1. The van der Waals surface area contributed by atoms with Gasteiger partial charge in [0, 0.05) is 12.1 Å². The number of carbonyl (C=O) groups is 2. The van der Waals surface area contributed by atoms with Gasteiger partial charge in [-0.1, -0.05) is 49.7 Å². The Morgan fingerprint density at radius 2 is 1.80 bits per heavy atom. The van der Waals surface area contributed by atoms with Crippen LogP contribution in [0.3, 0.4) is 0 Å². The predicted molar refractivity (Wildman–Crippen MR) is 154 cm³/mol. The molecule has 1 saturated carbocycles. The fourth-order valence-electron chi connectivity index (χ4n) is 4.91. The van der Waals surface area contributed by atoms with Gasteiger partial charge in [0.25, 0.3) is 11.7 Å². The van der Waals surface area contributed by atoms with Crippen molar-refractivity contribution in [2.75, 3.05) is 5.32 Å². The van der Waals surface area contributed by atoms with E-state index in [1.807, 2.05) is 6.07 Å². The molecule has 0 spiro atoms. The van der Waals surface area contributed by atoms with Crippen molar-refractivity contribution in [3.05, 3.63) is 118 Å². The van der Waals surface area contributed by atoms with Crippen molar-refractivity contribution < 1.29 is 14.0 Å². The third kappa shape index (κ3) is 5.87. The van der Waals surface area contributed by atoms with Crippen molar-refractivity contribution in [3.63, 3.8) is 0 Å². The van der Waals surface area contributed by atoms with Gasteiger partial charge in [0.05, 0.1) is 16.9 Å². The second-order valence-corrected chi connectivity index (χ2v) is 10.3. The third-order valence-electron chi connectivity index (χ3n) is 7.49. The van der Waals surface area contributed by atoms with Crippen molar-refractivity contribution in [2.24, 2.45) is 23.1 Å². The first-order valence-corrected chi connectivity index (χ1v) is 13.3. The maximum atomic E-state index is 15.1. The molecule has 1 fully saturated rings. The summed E-state index contributed by atoms with van der Waals surface area (Å²) in [6.45, 7) is 7.67. The van der Waals surface area contributed by atoms with E-state index in [9.17, 15) is 9.59 Å². The van der Waals surface area contributed by atoms with Crippen LogP contribution in [0.5, 0.6) is 0 Å². The summed E-state index contributed by atoms with van der Waals surface area (Å²) in [6.07, 6.45) is 3.77. The number of benzene rings is 3. The van der Waals surface area contributed by atoms with E-state index >= 15 is 4.39 Å². The molecular formula is C31H30FN7O2. The first kappa shape index (κ1) is 27.7. The van der Waals surface area contributed by atoms with Gasteiger partial charge in [-0.25, -0.2) is 4.39 Å². The molecule has 1 aromatic heterocycles. The lowest BCUT2D eigenvalue weighted by molar-refractivity contribution is 0.0996. The quantitative estimate of drug-likeness (QED) is 0.210. The number of aromatic nitrogens is 2. The van der Waals surface area contributed by atoms with Crippen molar-refractivity contribution in [3.8, 4) is 5.69 Å². The zero-order chi connectivity index (χ0) is 29.1. The molecule has 3 aromatic carbocycles. The second-order valence-electron chi connectivity index (χ2n) is 10.3. The molecule has 1 aliphatic rings. The van der Waals surface area contributed by atoms with Crippen LogP contribution in [0.15, 0.2) is 72.8 Å². The standard InChI is InChI=1S/C31H30FN7O2/c1-36-28-17-27(39(38-28)24-4-2-3-20(15-24)18-33)30(41)37-26-16-23(11-12-25(26)32)31(35,14-13-19-5-6-19)22-9-7-21(8-10-22)29(34)40/h2-4,7-12,15-17,19H,5-6,13-14,18,33,35H2,(H2,34,40)(H,37,41). The van der Waals surface area contributed by atoms with E-state index in [1.165, 1.54) is 22.9 Å². The number of carbonyl (C=O) groups excluding carboxylic acids is 2. The fraction of sp³-hybridized carbons (Fsp3) is 0.226. The molecule has 1 atom stereocenters. The highest BCUT2D eigenvalue weighted by Crippen LogP contribution is 2.40. The first-order chi connectivity index (χ1) is 19.7. The molecule has 1 unspecified atom stereocenters. The zero-order valence-corrected chi connectivity index (χ0v) is 22.3. The molecule has 0 saturated heterocycles. The highest BCUT2D eigenvalue weighted by molar-refractivity contribution is 6.04. The number of hydrogen-bond acceptors (Lipinski definition) is 5. The fourth-order valence-corrected chi connectivity index (χ4v) is 4.91. The molecule has 41 heavy (non-hydrogen) atoms. The van der Waals surface area contributed by atoms with E-state index in [0.29, 0.717) is 29.2 Å². The van der Waals surface area contributed by atoms with Crippen LogP contribution in [-0.4, -0.2) is 21.6 Å². The van der Waals surface area contributed by atoms with Crippen LogP contribution in [0.4, 0.5) is 15.9 Å². The van der Waals surface area contributed by atoms with Gasteiger partial charge in [-0.3, -0.25) is 9.59 Å². The third-order valence-corrected chi connectivity index (χ3v) is 7.49. The summed E-state index contributed by atoms with van der Waals surface area (Å²) in [5.41, 5.74) is 20.3. The van der Waals surface area contributed by atoms with Gasteiger partial charge in [0.15, 0.2) is 0 Å². The lowest BCUT2D eigenvalue weighted by Gasteiger charge is -2.32. The molecule has 0 aliphatic heterocycles. The van der Waals surface area contributed by atoms with Crippen molar-refractivity contribution in [1.82, 2.24) is 9.78 Å². The van der Waals surface area contributed by atoms with E-state index < -0.39 is 23.2 Å². The predicted octanol–water partition coefficient (Wildman–Crippen LogP) is 4.76. The Bertz CT molecular complexity index is 1650. The summed E-state index contributed by atoms with van der Waals surface area (Å²) in [5, 5.41) is 6.89. The molecule has 2 amide bonds. The summed E-state index contributed by atoms with van der Waals surface area (Å²) >= 11 is 0. The molecule has 1 aliphatic carbocycles. The van der Waals surface area contributed by atoms with Gasteiger partial charge in [0.1, 0.15) is 11.5 Å². The number of nitrogens with two attached hydrogens (primary N) is 3. The lowest BCUT2D eigenvalue weighted by Crippen LogP contribution is -2.38. The van der Waals surface area contributed by atoms with Crippen LogP contribution in [0, 0.1) is 18.3 Å². The highest BCUT2D eigenvalue weighted by atomic mass is 19.1. The van der Waals surface area contributed by atoms with Gasteiger partial charge in [-0.05, 0) is 83.0 Å². The molecule has 208 valence electrons. The van der Waals surface area contributed by atoms with Gasteiger partial charge >= 0.3 is 0 Å². The summed E-state index contributed by atoms with van der Waals surface area (Å²) in [6, 6.07) is 19.7. The number of anilines is 1. The molecule has 0 bridgehead atoms. The minimum atomic E-state index is -1.01. The minimum Gasteiger partial charge on any atom is -0.366 e. The maximum absolute atomic E-state index is 15.1. The van der Waals surface area contributed by atoms with Crippen LogP contribution in [-0.2, 0) is 12.1 Å². The number of hydrogen-bond donors (Lipinski definition) is 4. The number of nitrogens with zero attached hydrogens (tertiary/aromatic N) is 3. The Balaban J connectivity index is 1.49. The van der Waals surface area contributed by atoms with E-state index in [-0.39, 0.29) is 23.7 Å². The van der Waals surface area contributed by atoms with E-state index in [2.05, 4.69) is 15.3 Å². The molecule has 1 heterocycles. The average molecular weight is 552 g/mol. The summed E-state index contributed by atoms with van der Waals surface area (Å²) < 4.78 is 16.4. The van der Waals surface area contributed by atoms with Crippen LogP contribution < -0.4 is 22.5 Å². The van der Waals surface area contributed by atoms with Crippen LogP contribution in [0.2, 0.25) is 0 Å². The van der Waals surface area contributed by atoms with Gasteiger partial charge < -0.3 is 27.4 Å². The molecule has 10 heteroatoms. The lowest BCUT2D eigenvalue weighted by atomic mass is 9.79. The van der Waals surface area contributed by atoms with Crippen LogP contribution >= 0.6 is 0 Å². The Kier molecular flexibility index (Phi) is 7.66. The first-order valence-electron chi connectivity index (χ1n) is 13.3. The van der Waals surface area contributed by atoms with Gasteiger partial charge in [-0.15, -0.1) is 0 Å². The minimum absolute atomic E-state index is 0.0167. The van der Waals surface area contributed by atoms with Gasteiger partial charge in [-0.2, -0.15) is 4.68 Å². The van der Waals surface area contributed by atoms with E-state index in [0.717, 1.165) is 30.4 Å². The smallest absolute Gasteiger partial charge is 0.296 e. The van der Waals surface area contributed by atoms with Crippen LogP contribution in [0.1, 0.15) is 63.2 Å². The number of halogens is 1. The summed E-state index contributed by atoms with van der Waals surface area (Å²) in [5.74, 6) is -1.22. The number of nitrogens with one attached hydrogen (secondary N) is 1. The molecule has 9 nitrogen and oxygen atoms in total. The maximum Gasteiger partial charge on any atom is 0.296 e. The zero-order valence-electron chi connectivity index (χ0n) is 22.3. The molecule has 7 N–H and O–H groups in total. The molecule has 4 aromatic rings. The Labute approximate surface area is 237 Å². The Morgan fingerprint density at radius 1 is 1.07 bits per heavy atom.